The Labute approximate surface area is 247 Å². The third-order valence-corrected chi connectivity index (χ3v) is 6.25. The Morgan fingerprint density at radius 3 is 2.45 bits per heavy atom. The van der Waals surface area contributed by atoms with Gasteiger partial charge in [0.25, 0.3) is 0 Å². The summed E-state index contributed by atoms with van der Waals surface area (Å²) >= 11 is 0. The SMILES string of the molecule is CC(C)(C)OC(=O)COc1cccc(-c2nn(C3CCCCO3)c3ccc(OCCCNC(=O)OC(C)(C)C)cc23)c1. The number of benzene rings is 2. The Bertz CT molecular complexity index is 1360. The van der Waals surface area contributed by atoms with E-state index < -0.39 is 23.3 Å². The summed E-state index contributed by atoms with van der Waals surface area (Å²) in [6, 6.07) is 13.4. The van der Waals surface area contributed by atoms with Crippen molar-refractivity contribution in [2.45, 2.75) is 84.7 Å². The molecule has 2 heterocycles. The molecule has 0 spiro atoms. The zero-order chi connectivity index (χ0) is 30.3. The number of alkyl carbamates (subject to hydrolysis) is 1. The molecule has 1 N–H and O–H groups in total. The molecule has 1 aliphatic rings. The van der Waals surface area contributed by atoms with E-state index in [4.69, 9.17) is 28.8 Å². The maximum absolute atomic E-state index is 12.2. The predicted octanol–water partition coefficient (Wildman–Crippen LogP) is 6.42. The van der Waals surface area contributed by atoms with Crippen LogP contribution < -0.4 is 14.8 Å². The van der Waals surface area contributed by atoms with E-state index in [1.54, 1.807) is 6.07 Å². The molecule has 0 aliphatic carbocycles. The van der Waals surface area contributed by atoms with Crippen molar-refractivity contribution in [3.8, 4) is 22.8 Å². The van der Waals surface area contributed by atoms with E-state index >= 15 is 0 Å². The number of esters is 1. The maximum atomic E-state index is 12.2. The molecule has 1 saturated heterocycles. The third-order valence-electron chi connectivity index (χ3n) is 6.25. The minimum Gasteiger partial charge on any atom is -0.494 e. The van der Waals surface area contributed by atoms with Gasteiger partial charge >= 0.3 is 12.1 Å². The maximum Gasteiger partial charge on any atom is 0.407 e. The number of nitrogens with zero attached hydrogens (tertiary/aromatic N) is 2. The van der Waals surface area contributed by atoms with E-state index in [1.165, 1.54) is 0 Å². The van der Waals surface area contributed by atoms with Crippen LogP contribution in [0.4, 0.5) is 4.79 Å². The number of hydrogen-bond donors (Lipinski definition) is 1. The van der Waals surface area contributed by atoms with E-state index in [9.17, 15) is 9.59 Å². The number of carbonyl (C=O) groups excluding carboxylic acids is 2. The molecule has 1 aliphatic heterocycles. The van der Waals surface area contributed by atoms with Gasteiger partial charge < -0.3 is 29.0 Å². The molecule has 0 saturated carbocycles. The van der Waals surface area contributed by atoms with Crippen molar-refractivity contribution in [1.82, 2.24) is 15.1 Å². The van der Waals surface area contributed by atoms with Gasteiger partial charge in [0.2, 0.25) is 0 Å². The zero-order valence-electron chi connectivity index (χ0n) is 25.5. The van der Waals surface area contributed by atoms with Gasteiger partial charge in [-0.25, -0.2) is 14.3 Å². The molecule has 3 aromatic rings. The second kappa shape index (κ2) is 13.5. The van der Waals surface area contributed by atoms with Crippen LogP contribution in [0.5, 0.6) is 11.5 Å². The van der Waals surface area contributed by atoms with Crippen LogP contribution in [0.25, 0.3) is 22.2 Å². The smallest absolute Gasteiger partial charge is 0.407 e. The Hall–Kier alpha value is -3.79. The van der Waals surface area contributed by atoms with E-state index in [0.29, 0.717) is 37.7 Å². The van der Waals surface area contributed by atoms with Crippen molar-refractivity contribution < 1.29 is 33.3 Å². The highest BCUT2D eigenvalue weighted by Crippen LogP contribution is 2.36. The van der Waals surface area contributed by atoms with Crippen LogP contribution in [-0.4, -0.2) is 59.4 Å². The molecule has 10 nitrogen and oxygen atoms in total. The highest BCUT2D eigenvalue weighted by atomic mass is 16.6. The molecule has 1 fully saturated rings. The van der Waals surface area contributed by atoms with Gasteiger partial charge in [0, 0.05) is 24.1 Å². The minimum absolute atomic E-state index is 0.146. The fourth-order valence-corrected chi connectivity index (χ4v) is 4.57. The average molecular weight is 582 g/mol. The monoisotopic (exact) mass is 581 g/mol. The Kier molecular flexibility index (Phi) is 9.98. The molecule has 0 radical (unpaired) electrons. The van der Waals surface area contributed by atoms with Gasteiger partial charge in [-0.3, -0.25) is 0 Å². The number of ether oxygens (including phenoxy) is 5. The fraction of sp³-hybridized carbons (Fsp3) is 0.531. The molecule has 4 rings (SSSR count). The number of carbonyl (C=O) groups is 2. The second-order valence-corrected chi connectivity index (χ2v) is 12.3. The molecule has 0 bridgehead atoms. The number of hydrogen-bond acceptors (Lipinski definition) is 8. The van der Waals surface area contributed by atoms with Gasteiger partial charge in [0.1, 0.15) is 28.4 Å². The largest absolute Gasteiger partial charge is 0.494 e. The third kappa shape index (κ3) is 9.11. The second-order valence-electron chi connectivity index (χ2n) is 12.3. The minimum atomic E-state index is -0.580. The lowest BCUT2D eigenvalue weighted by Gasteiger charge is -2.23. The molecule has 228 valence electrons. The number of amides is 1. The highest BCUT2D eigenvalue weighted by Gasteiger charge is 2.23. The number of nitrogens with one attached hydrogen (secondary N) is 1. The van der Waals surface area contributed by atoms with Gasteiger partial charge in [-0.2, -0.15) is 5.10 Å². The molecule has 1 aromatic heterocycles. The number of aromatic nitrogens is 2. The van der Waals surface area contributed by atoms with Crippen LogP contribution in [0.15, 0.2) is 42.5 Å². The first-order chi connectivity index (χ1) is 19.9. The quantitative estimate of drug-likeness (QED) is 0.216. The predicted molar refractivity (Wildman–Crippen MR) is 160 cm³/mol. The van der Waals surface area contributed by atoms with Crippen molar-refractivity contribution in [1.29, 1.82) is 0 Å². The van der Waals surface area contributed by atoms with Crippen LogP contribution in [0.3, 0.4) is 0 Å². The molecule has 1 atom stereocenters. The van der Waals surface area contributed by atoms with Crippen LogP contribution >= 0.6 is 0 Å². The summed E-state index contributed by atoms with van der Waals surface area (Å²) in [7, 11) is 0. The Morgan fingerprint density at radius 1 is 0.976 bits per heavy atom. The zero-order valence-corrected chi connectivity index (χ0v) is 25.5. The summed E-state index contributed by atoms with van der Waals surface area (Å²) < 4.78 is 30.4. The fourth-order valence-electron chi connectivity index (χ4n) is 4.57. The van der Waals surface area contributed by atoms with Crippen LogP contribution in [0, 0.1) is 0 Å². The van der Waals surface area contributed by atoms with Crippen molar-refractivity contribution in [3.05, 3.63) is 42.5 Å². The summed E-state index contributed by atoms with van der Waals surface area (Å²) in [6.07, 6.45) is 3.04. The van der Waals surface area contributed by atoms with Gasteiger partial charge in [0.15, 0.2) is 12.8 Å². The topological polar surface area (TPSA) is 110 Å². The summed E-state index contributed by atoms with van der Waals surface area (Å²) in [6.45, 7) is 12.3. The molecule has 10 heteroatoms. The van der Waals surface area contributed by atoms with E-state index in [1.807, 2.05) is 82.6 Å². The van der Waals surface area contributed by atoms with Crippen molar-refractivity contribution in [2.24, 2.45) is 0 Å². The van der Waals surface area contributed by atoms with Crippen LogP contribution in [0.1, 0.15) is 73.5 Å². The molecule has 1 unspecified atom stereocenters. The summed E-state index contributed by atoms with van der Waals surface area (Å²) in [4.78, 5) is 24.0. The first-order valence-electron chi connectivity index (χ1n) is 14.6. The van der Waals surface area contributed by atoms with E-state index in [0.717, 1.165) is 41.4 Å². The van der Waals surface area contributed by atoms with Crippen LogP contribution in [0.2, 0.25) is 0 Å². The van der Waals surface area contributed by atoms with E-state index in [-0.39, 0.29) is 12.8 Å². The normalized spacial score (nSPS) is 15.7. The first-order valence-corrected chi connectivity index (χ1v) is 14.6. The summed E-state index contributed by atoms with van der Waals surface area (Å²) in [5.74, 6) is 0.808. The van der Waals surface area contributed by atoms with Crippen LogP contribution in [-0.2, 0) is 19.0 Å². The number of rotatable bonds is 10. The van der Waals surface area contributed by atoms with Gasteiger partial charge in [-0.05, 0) is 97.6 Å². The standard InChI is InChI=1S/C32H43N3O7/c1-31(2,3)41-28(36)21-40-23-12-9-11-22(19-23)29-25-20-24(38-18-10-16-33-30(37)42-32(4,5)6)14-15-26(25)35(34-29)27-13-7-8-17-39-27/h9,11-12,14-15,19-20,27H,7-8,10,13,16-18,21H2,1-6H3,(H,33,37). The van der Waals surface area contributed by atoms with Gasteiger partial charge in [-0.15, -0.1) is 0 Å². The lowest BCUT2D eigenvalue weighted by atomic mass is 10.1. The highest BCUT2D eigenvalue weighted by molar-refractivity contribution is 5.94. The number of fused-ring (bicyclic) bond motifs is 1. The van der Waals surface area contributed by atoms with Crippen molar-refractivity contribution in [3.63, 3.8) is 0 Å². The summed E-state index contributed by atoms with van der Waals surface area (Å²) in [5, 5.41) is 8.66. The van der Waals surface area contributed by atoms with Crippen molar-refractivity contribution >= 4 is 23.0 Å². The van der Waals surface area contributed by atoms with Gasteiger partial charge in [0.05, 0.1) is 12.1 Å². The Morgan fingerprint density at radius 2 is 1.74 bits per heavy atom. The van der Waals surface area contributed by atoms with E-state index in [2.05, 4.69) is 5.32 Å². The summed E-state index contributed by atoms with van der Waals surface area (Å²) in [5.41, 5.74) is 1.43. The lowest BCUT2D eigenvalue weighted by Crippen LogP contribution is -2.33. The molecular weight excluding hydrogens is 538 g/mol. The molecule has 42 heavy (non-hydrogen) atoms. The molecule has 1 amide bonds. The van der Waals surface area contributed by atoms with Gasteiger partial charge in [-0.1, -0.05) is 12.1 Å². The lowest BCUT2D eigenvalue weighted by molar-refractivity contribution is -0.157. The Balaban J connectivity index is 1.50. The average Bonchev–Trinajstić information content (AvgIpc) is 3.29. The molecular formula is C32H43N3O7. The first kappa shape index (κ1) is 31.2. The molecule has 2 aromatic carbocycles. The van der Waals surface area contributed by atoms with Crippen molar-refractivity contribution in [2.75, 3.05) is 26.4 Å².